The third-order valence-corrected chi connectivity index (χ3v) is 2.75. The van der Waals surface area contributed by atoms with Crippen molar-refractivity contribution in [1.82, 2.24) is 20.0 Å². The minimum Gasteiger partial charge on any atom is -0.383 e. The Bertz CT molecular complexity index is 437. The first kappa shape index (κ1) is 14.0. The number of likely N-dealkylation sites (N-methyl/N-ethyl adjacent to an activating group) is 1. The average molecular weight is 253 g/mol. The van der Waals surface area contributed by atoms with Gasteiger partial charge in [0.15, 0.2) is 0 Å². The molecule has 0 spiro atoms. The third-order valence-electron chi connectivity index (χ3n) is 2.75. The van der Waals surface area contributed by atoms with Gasteiger partial charge in [0.1, 0.15) is 11.4 Å². The maximum Gasteiger partial charge on any atom is 0.257 e. The van der Waals surface area contributed by atoms with E-state index in [2.05, 4.69) is 10.4 Å². The van der Waals surface area contributed by atoms with E-state index >= 15 is 0 Å². The van der Waals surface area contributed by atoms with E-state index < -0.39 is 0 Å². The molecule has 7 heteroatoms. The molecule has 0 aliphatic heterocycles. The lowest BCUT2D eigenvalue weighted by atomic mass is 10.3. The number of aromatic nitrogens is 2. The van der Waals surface area contributed by atoms with Crippen molar-refractivity contribution >= 4 is 17.6 Å². The molecular formula is C11H19N5O2. The number of hydrogen-bond donors (Lipinski definition) is 2. The number of carbonyl (C=O) groups is 2. The fourth-order valence-electron chi connectivity index (χ4n) is 1.56. The number of nitrogens with one attached hydrogen (secondary N) is 1. The number of nitrogens with two attached hydrogens (primary N) is 1. The lowest BCUT2D eigenvalue weighted by Gasteiger charge is -2.18. The molecule has 1 heterocycles. The molecule has 0 atom stereocenters. The average Bonchev–Trinajstić information content (AvgIpc) is 2.69. The smallest absolute Gasteiger partial charge is 0.257 e. The highest BCUT2D eigenvalue weighted by Gasteiger charge is 2.16. The van der Waals surface area contributed by atoms with E-state index in [1.54, 1.807) is 11.9 Å². The number of aryl methyl sites for hydroxylation is 1. The maximum atomic E-state index is 11.8. The van der Waals surface area contributed by atoms with Crippen LogP contribution >= 0.6 is 0 Å². The Hall–Kier alpha value is -2.05. The highest BCUT2D eigenvalue weighted by atomic mass is 16.2. The van der Waals surface area contributed by atoms with Crippen LogP contribution in [0.1, 0.15) is 24.2 Å². The molecule has 0 fully saturated rings. The van der Waals surface area contributed by atoms with Crippen molar-refractivity contribution in [2.24, 2.45) is 7.05 Å². The Morgan fingerprint density at radius 3 is 2.50 bits per heavy atom. The zero-order valence-corrected chi connectivity index (χ0v) is 10.9. The number of carbonyl (C=O) groups excluding carboxylic acids is 2. The molecule has 0 aliphatic carbocycles. The van der Waals surface area contributed by atoms with Crippen molar-refractivity contribution in [2.45, 2.75) is 13.8 Å². The summed E-state index contributed by atoms with van der Waals surface area (Å²) in [5.41, 5.74) is 5.95. The highest BCUT2D eigenvalue weighted by molar-refractivity contribution is 5.99. The molecule has 0 saturated heterocycles. The molecule has 1 rings (SSSR count). The molecule has 0 unspecified atom stereocenters. The molecule has 2 amide bonds. The predicted molar refractivity (Wildman–Crippen MR) is 67.9 cm³/mol. The second-order valence-electron chi connectivity index (χ2n) is 3.82. The molecule has 3 N–H and O–H groups in total. The SMILES string of the molecule is CCN(CC)C(=O)CNC(=O)c1cnn(C)c1N. The van der Waals surface area contributed by atoms with Gasteiger partial charge in [0, 0.05) is 20.1 Å². The van der Waals surface area contributed by atoms with Gasteiger partial charge in [-0.05, 0) is 13.8 Å². The van der Waals surface area contributed by atoms with Gasteiger partial charge in [-0.25, -0.2) is 0 Å². The molecule has 18 heavy (non-hydrogen) atoms. The fraction of sp³-hybridized carbons (Fsp3) is 0.545. The molecule has 7 nitrogen and oxygen atoms in total. The van der Waals surface area contributed by atoms with E-state index in [-0.39, 0.29) is 29.7 Å². The lowest BCUT2D eigenvalue weighted by molar-refractivity contribution is -0.129. The standard InChI is InChI=1S/C11H19N5O2/c1-4-16(5-2)9(17)7-13-11(18)8-6-14-15(3)10(8)12/h6H,4-5,7,12H2,1-3H3,(H,13,18). The van der Waals surface area contributed by atoms with Crippen LogP contribution in [0.2, 0.25) is 0 Å². The van der Waals surface area contributed by atoms with Crippen LogP contribution in [0, 0.1) is 0 Å². The number of hydrogen-bond acceptors (Lipinski definition) is 4. The quantitative estimate of drug-likeness (QED) is 0.746. The van der Waals surface area contributed by atoms with Crippen LogP contribution < -0.4 is 11.1 Å². The van der Waals surface area contributed by atoms with E-state index in [0.29, 0.717) is 13.1 Å². The topological polar surface area (TPSA) is 93.2 Å². The molecule has 1 aromatic heterocycles. The summed E-state index contributed by atoms with van der Waals surface area (Å²) < 4.78 is 1.40. The molecule has 1 aromatic rings. The van der Waals surface area contributed by atoms with Crippen molar-refractivity contribution in [3.63, 3.8) is 0 Å². The first-order valence-corrected chi connectivity index (χ1v) is 5.84. The summed E-state index contributed by atoms with van der Waals surface area (Å²) in [6, 6.07) is 0. The summed E-state index contributed by atoms with van der Waals surface area (Å²) in [5, 5.41) is 6.41. The van der Waals surface area contributed by atoms with Gasteiger partial charge in [0.05, 0.1) is 12.7 Å². The van der Waals surface area contributed by atoms with Gasteiger partial charge in [0.25, 0.3) is 5.91 Å². The van der Waals surface area contributed by atoms with Crippen LogP contribution in [-0.2, 0) is 11.8 Å². The van der Waals surface area contributed by atoms with Crippen molar-refractivity contribution < 1.29 is 9.59 Å². The van der Waals surface area contributed by atoms with Crippen LogP contribution in [0.25, 0.3) is 0 Å². The molecule has 0 bridgehead atoms. The number of nitrogens with zero attached hydrogens (tertiary/aromatic N) is 3. The molecular weight excluding hydrogens is 234 g/mol. The first-order valence-electron chi connectivity index (χ1n) is 5.84. The minimum absolute atomic E-state index is 0.0329. The Morgan fingerprint density at radius 2 is 2.06 bits per heavy atom. The minimum atomic E-state index is -0.388. The molecule has 0 aliphatic rings. The third kappa shape index (κ3) is 2.99. The van der Waals surface area contributed by atoms with Crippen LogP contribution in [0.15, 0.2) is 6.20 Å². The van der Waals surface area contributed by atoms with E-state index in [1.165, 1.54) is 10.9 Å². The van der Waals surface area contributed by atoms with Crippen LogP contribution in [0.3, 0.4) is 0 Å². The second kappa shape index (κ2) is 6.04. The van der Waals surface area contributed by atoms with Gasteiger partial charge in [-0.1, -0.05) is 0 Å². The van der Waals surface area contributed by atoms with Gasteiger partial charge in [-0.2, -0.15) is 5.10 Å². The predicted octanol–water partition coefficient (Wildman–Crippen LogP) is -0.399. The van der Waals surface area contributed by atoms with Gasteiger partial charge in [-0.15, -0.1) is 0 Å². The summed E-state index contributed by atoms with van der Waals surface area (Å²) in [7, 11) is 1.65. The number of rotatable bonds is 5. The van der Waals surface area contributed by atoms with E-state index in [4.69, 9.17) is 5.73 Å². The number of nitrogen functional groups attached to an aromatic ring is 1. The van der Waals surface area contributed by atoms with Crippen molar-refractivity contribution in [3.8, 4) is 0 Å². The van der Waals surface area contributed by atoms with Gasteiger partial charge in [0.2, 0.25) is 5.91 Å². The molecule has 0 radical (unpaired) electrons. The summed E-state index contributed by atoms with van der Waals surface area (Å²) >= 11 is 0. The lowest BCUT2D eigenvalue weighted by Crippen LogP contribution is -2.40. The molecule has 100 valence electrons. The Balaban J connectivity index is 2.57. The van der Waals surface area contributed by atoms with Gasteiger partial charge in [-0.3, -0.25) is 14.3 Å². The summed E-state index contributed by atoms with van der Waals surface area (Å²) in [4.78, 5) is 25.1. The fourth-order valence-corrected chi connectivity index (χ4v) is 1.56. The first-order chi connectivity index (χ1) is 8.51. The Morgan fingerprint density at radius 1 is 1.44 bits per heavy atom. The number of anilines is 1. The van der Waals surface area contributed by atoms with Crippen LogP contribution in [0.5, 0.6) is 0 Å². The zero-order valence-electron chi connectivity index (χ0n) is 10.9. The van der Waals surface area contributed by atoms with E-state index in [9.17, 15) is 9.59 Å². The monoisotopic (exact) mass is 253 g/mol. The van der Waals surface area contributed by atoms with Crippen LogP contribution in [-0.4, -0.2) is 46.1 Å². The second-order valence-corrected chi connectivity index (χ2v) is 3.82. The summed E-state index contributed by atoms with van der Waals surface area (Å²) in [6.45, 7) is 5.00. The number of amides is 2. The Labute approximate surface area is 106 Å². The van der Waals surface area contributed by atoms with E-state index in [1.807, 2.05) is 13.8 Å². The highest BCUT2D eigenvalue weighted by Crippen LogP contribution is 2.08. The normalized spacial score (nSPS) is 10.2. The maximum absolute atomic E-state index is 11.8. The van der Waals surface area contributed by atoms with Gasteiger partial charge < -0.3 is 16.0 Å². The van der Waals surface area contributed by atoms with Crippen molar-refractivity contribution in [2.75, 3.05) is 25.4 Å². The van der Waals surface area contributed by atoms with Crippen molar-refractivity contribution in [1.29, 1.82) is 0 Å². The largest absolute Gasteiger partial charge is 0.383 e. The van der Waals surface area contributed by atoms with E-state index in [0.717, 1.165) is 0 Å². The van der Waals surface area contributed by atoms with Crippen LogP contribution in [0.4, 0.5) is 5.82 Å². The van der Waals surface area contributed by atoms with Gasteiger partial charge >= 0.3 is 0 Å². The van der Waals surface area contributed by atoms with Crippen molar-refractivity contribution in [3.05, 3.63) is 11.8 Å². The molecule has 0 aromatic carbocycles. The zero-order chi connectivity index (χ0) is 13.7. The Kier molecular flexibility index (Phi) is 4.70. The summed E-state index contributed by atoms with van der Waals surface area (Å²) in [5.74, 6) is -0.222. The molecule has 0 saturated carbocycles. The summed E-state index contributed by atoms with van der Waals surface area (Å²) in [6.07, 6.45) is 1.38.